The van der Waals surface area contributed by atoms with Gasteiger partial charge in [0, 0.05) is 6.54 Å². The van der Waals surface area contributed by atoms with Crippen molar-refractivity contribution < 1.29 is 9.90 Å². The summed E-state index contributed by atoms with van der Waals surface area (Å²) >= 11 is 4.95. The van der Waals surface area contributed by atoms with Crippen molar-refractivity contribution >= 4 is 18.1 Å². The van der Waals surface area contributed by atoms with Crippen molar-refractivity contribution in [3.63, 3.8) is 0 Å². The van der Waals surface area contributed by atoms with E-state index in [1.54, 1.807) is 0 Å². The predicted molar refractivity (Wildman–Crippen MR) is 61.2 cm³/mol. The molecule has 0 aliphatic heterocycles. The lowest BCUT2D eigenvalue weighted by Gasteiger charge is -2.08. The zero-order valence-electron chi connectivity index (χ0n) is 9.36. The van der Waals surface area contributed by atoms with Crippen LogP contribution in [0.15, 0.2) is 0 Å². The fourth-order valence-electron chi connectivity index (χ4n) is 1.15. The number of aliphatic hydroxyl groups is 1. The van der Waals surface area contributed by atoms with Gasteiger partial charge in [-0.25, -0.2) is 0 Å². The van der Waals surface area contributed by atoms with E-state index in [1.165, 1.54) is 4.57 Å². The lowest BCUT2D eigenvalue weighted by Crippen LogP contribution is -2.31. The monoisotopic (exact) mass is 244 g/mol. The minimum absolute atomic E-state index is 0.0813. The van der Waals surface area contributed by atoms with Crippen molar-refractivity contribution in [2.45, 2.75) is 27.0 Å². The fourth-order valence-corrected chi connectivity index (χ4v) is 1.37. The van der Waals surface area contributed by atoms with E-state index in [2.05, 4.69) is 15.5 Å². The Kier molecular flexibility index (Phi) is 4.63. The number of amides is 1. The molecule has 0 atom stereocenters. The molecular weight excluding hydrogens is 228 g/mol. The van der Waals surface area contributed by atoms with Crippen molar-refractivity contribution in [1.82, 2.24) is 20.1 Å². The topological polar surface area (TPSA) is 82.9 Å². The second-order valence-corrected chi connectivity index (χ2v) is 4.27. The summed E-state index contributed by atoms with van der Waals surface area (Å²) in [7, 11) is 0. The molecule has 0 aliphatic carbocycles. The zero-order chi connectivity index (χ0) is 12.1. The van der Waals surface area contributed by atoms with Crippen LogP contribution in [0.3, 0.4) is 0 Å². The number of hydrogen-bond donors (Lipinski definition) is 3. The van der Waals surface area contributed by atoms with E-state index in [0.29, 0.717) is 23.1 Å². The van der Waals surface area contributed by atoms with Gasteiger partial charge in [-0.05, 0) is 18.1 Å². The van der Waals surface area contributed by atoms with Crippen LogP contribution in [0.4, 0.5) is 0 Å². The van der Waals surface area contributed by atoms with E-state index in [1.807, 2.05) is 13.8 Å². The van der Waals surface area contributed by atoms with Crippen molar-refractivity contribution in [2.24, 2.45) is 5.92 Å². The molecule has 0 bridgehead atoms. The quantitative estimate of drug-likeness (QED) is 0.646. The van der Waals surface area contributed by atoms with Gasteiger partial charge in [0.2, 0.25) is 5.91 Å². The summed E-state index contributed by atoms with van der Waals surface area (Å²) in [5, 5.41) is 18.1. The number of aromatic nitrogens is 3. The molecule has 1 aromatic rings. The number of nitrogens with one attached hydrogen (secondary N) is 2. The van der Waals surface area contributed by atoms with Gasteiger partial charge in [-0.15, -0.1) is 0 Å². The zero-order valence-corrected chi connectivity index (χ0v) is 10.2. The van der Waals surface area contributed by atoms with E-state index in [0.717, 1.165) is 0 Å². The van der Waals surface area contributed by atoms with Crippen LogP contribution < -0.4 is 5.32 Å². The highest BCUT2D eigenvalue weighted by Crippen LogP contribution is 1.97. The number of carbonyl (C=O) groups excluding carboxylic acids is 1. The average Bonchev–Trinajstić information content (AvgIpc) is 2.57. The van der Waals surface area contributed by atoms with Gasteiger partial charge in [-0.1, -0.05) is 13.8 Å². The number of aliphatic hydroxyl groups excluding tert-OH is 1. The number of hydrogen-bond acceptors (Lipinski definition) is 4. The van der Waals surface area contributed by atoms with Crippen molar-refractivity contribution in [3.05, 3.63) is 10.6 Å². The lowest BCUT2D eigenvalue weighted by atomic mass is 10.2. The summed E-state index contributed by atoms with van der Waals surface area (Å²) in [5.41, 5.74) is 0. The molecule has 0 aromatic carbocycles. The van der Waals surface area contributed by atoms with Gasteiger partial charge in [0.05, 0.1) is 0 Å². The SMILES string of the molecule is CC(C)CNC(=O)Cn1c(CO)n[nH]c1=S. The summed E-state index contributed by atoms with van der Waals surface area (Å²) in [4.78, 5) is 11.5. The first-order valence-electron chi connectivity index (χ1n) is 5.06. The van der Waals surface area contributed by atoms with Crippen LogP contribution in [0.25, 0.3) is 0 Å². The average molecular weight is 244 g/mol. The normalized spacial score (nSPS) is 10.8. The standard InChI is InChI=1S/C9H16N4O2S/c1-6(2)3-10-8(15)4-13-7(5-14)11-12-9(13)16/h6,14H,3-5H2,1-2H3,(H,10,15)(H,12,16). The van der Waals surface area contributed by atoms with Crippen LogP contribution in [0, 0.1) is 10.7 Å². The second kappa shape index (κ2) is 5.76. The highest BCUT2D eigenvalue weighted by Gasteiger charge is 2.09. The van der Waals surface area contributed by atoms with Crippen LogP contribution in [0.2, 0.25) is 0 Å². The van der Waals surface area contributed by atoms with Gasteiger partial charge in [-0.2, -0.15) is 5.10 Å². The molecule has 0 saturated carbocycles. The largest absolute Gasteiger partial charge is 0.388 e. The van der Waals surface area contributed by atoms with E-state index in [4.69, 9.17) is 17.3 Å². The molecule has 0 aliphatic rings. The summed E-state index contributed by atoms with van der Waals surface area (Å²) in [6.07, 6.45) is 0. The molecule has 3 N–H and O–H groups in total. The summed E-state index contributed by atoms with van der Waals surface area (Å²) in [5.74, 6) is 0.629. The molecule has 0 unspecified atom stereocenters. The Bertz CT molecular complexity index is 410. The second-order valence-electron chi connectivity index (χ2n) is 3.89. The Morgan fingerprint density at radius 1 is 1.69 bits per heavy atom. The molecule has 1 heterocycles. The Morgan fingerprint density at radius 2 is 2.38 bits per heavy atom. The molecule has 0 fully saturated rings. The summed E-state index contributed by atoms with van der Waals surface area (Å²) in [6, 6.07) is 0. The number of carbonyl (C=O) groups is 1. The summed E-state index contributed by atoms with van der Waals surface area (Å²) < 4.78 is 1.81. The molecule has 7 heteroatoms. The summed E-state index contributed by atoms with van der Waals surface area (Å²) in [6.45, 7) is 4.49. The molecular formula is C9H16N4O2S. The number of aromatic amines is 1. The van der Waals surface area contributed by atoms with Crippen molar-refractivity contribution in [1.29, 1.82) is 0 Å². The highest BCUT2D eigenvalue weighted by molar-refractivity contribution is 7.71. The fraction of sp³-hybridized carbons (Fsp3) is 0.667. The van der Waals surface area contributed by atoms with E-state index < -0.39 is 0 Å². The Balaban J connectivity index is 2.62. The van der Waals surface area contributed by atoms with Gasteiger partial charge in [0.1, 0.15) is 13.2 Å². The van der Waals surface area contributed by atoms with Gasteiger partial charge in [0.25, 0.3) is 0 Å². The first kappa shape index (κ1) is 12.9. The maximum atomic E-state index is 11.5. The Morgan fingerprint density at radius 3 is 2.94 bits per heavy atom. The molecule has 0 radical (unpaired) electrons. The van der Waals surface area contributed by atoms with Crippen LogP contribution >= 0.6 is 12.2 Å². The van der Waals surface area contributed by atoms with Crippen LogP contribution in [-0.4, -0.2) is 32.3 Å². The van der Waals surface area contributed by atoms with E-state index >= 15 is 0 Å². The minimum Gasteiger partial charge on any atom is -0.388 e. The number of nitrogens with zero attached hydrogens (tertiary/aromatic N) is 2. The van der Waals surface area contributed by atoms with Crippen LogP contribution in [-0.2, 0) is 17.9 Å². The van der Waals surface area contributed by atoms with Gasteiger partial charge in [-0.3, -0.25) is 14.5 Å². The first-order chi connectivity index (χ1) is 7.54. The molecule has 1 rings (SSSR count). The van der Waals surface area contributed by atoms with Crippen LogP contribution in [0.1, 0.15) is 19.7 Å². The molecule has 1 aromatic heterocycles. The third kappa shape index (κ3) is 3.42. The van der Waals surface area contributed by atoms with E-state index in [9.17, 15) is 4.79 Å². The van der Waals surface area contributed by atoms with Crippen LogP contribution in [0.5, 0.6) is 0 Å². The molecule has 1 amide bonds. The third-order valence-electron chi connectivity index (χ3n) is 1.99. The molecule has 0 spiro atoms. The Labute approximate surface area is 98.7 Å². The third-order valence-corrected chi connectivity index (χ3v) is 2.30. The molecule has 16 heavy (non-hydrogen) atoms. The minimum atomic E-state index is -0.245. The van der Waals surface area contributed by atoms with Crippen molar-refractivity contribution in [3.8, 4) is 0 Å². The molecule has 6 nitrogen and oxygen atoms in total. The maximum absolute atomic E-state index is 11.5. The predicted octanol–water partition coefficient (Wildman–Crippen LogP) is 0.205. The van der Waals surface area contributed by atoms with Gasteiger partial charge in [0.15, 0.2) is 10.6 Å². The highest BCUT2D eigenvalue weighted by atomic mass is 32.1. The number of H-pyrrole nitrogens is 1. The molecule has 90 valence electrons. The van der Waals surface area contributed by atoms with E-state index in [-0.39, 0.29) is 19.1 Å². The van der Waals surface area contributed by atoms with Crippen molar-refractivity contribution in [2.75, 3.05) is 6.54 Å². The number of rotatable bonds is 5. The first-order valence-corrected chi connectivity index (χ1v) is 5.47. The lowest BCUT2D eigenvalue weighted by molar-refractivity contribution is -0.121. The van der Waals surface area contributed by atoms with Gasteiger partial charge >= 0.3 is 0 Å². The maximum Gasteiger partial charge on any atom is 0.240 e. The van der Waals surface area contributed by atoms with Gasteiger partial charge < -0.3 is 10.4 Å². The molecule has 0 saturated heterocycles. The smallest absolute Gasteiger partial charge is 0.240 e. The Hall–Kier alpha value is -1.21.